The van der Waals surface area contributed by atoms with Crippen molar-refractivity contribution in [2.24, 2.45) is 0 Å². The van der Waals surface area contributed by atoms with Gasteiger partial charge in [-0.15, -0.1) is 0 Å². The molecule has 2 aromatic heterocycles. The Kier molecular flexibility index (Phi) is 8.61. The van der Waals surface area contributed by atoms with Crippen molar-refractivity contribution in [2.75, 3.05) is 4.90 Å². The van der Waals surface area contributed by atoms with E-state index in [-0.39, 0.29) is 17.3 Å². The van der Waals surface area contributed by atoms with Gasteiger partial charge in [-0.2, -0.15) is 0 Å². The molecule has 1 aliphatic rings. The summed E-state index contributed by atoms with van der Waals surface area (Å²) in [6.07, 6.45) is 7.36. The number of hydrogen-bond acceptors (Lipinski definition) is 3. The van der Waals surface area contributed by atoms with Gasteiger partial charge in [0.2, 0.25) is 0 Å². The zero-order chi connectivity index (χ0) is 31.0. The fraction of sp³-hybridized carbons (Fsp3) is 0.103. The zero-order valence-electron chi connectivity index (χ0n) is 25.8. The van der Waals surface area contributed by atoms with E-state index in [0.29, 0.717) is 22.5 Å². The molecule has 0 fully saturated rings. The van der Waals surface area contributed by atoms with E-state index in [1.165, 1.54) is 4.90 Å². The summed E-state index contributed by atoms with van der Waals surface area (Å²) in [6, 6.07) is 29.8. The van der Waals surface area contributed by atoms with Crippen molar-refractivity contribution in [1.29, 1.82) is 0 Å². The van der Waals surface area contributed by atoms with Gasteiger partial charge in [0.25, 0.3) is 11.8 Å². The van der Waals surface area contributed by atoms with Crippen LogP contribution in [0.3, 0.4) is 0 Å². The molecule has 0 atom stereocenters. The van der Waals surface area contributed by atoms with E-state index in [1.807, 2.05) is 101 Å². The Morgan fingerprint density at radius 1 is 0.756 bits per heavy atom. The Balaban J connectivity index is 0.000000621. The third-order valence-corrected chi connectivity index (χ3v) is 7.96. The van der Waals surface area contributed by atoms with Crippen molar-refractivity contribution >= 4 is 39.3 Å². The molecule has 0 saturated heterocycles. The lowest BCUT2D eigenvalue weighted by Crippen LogP contribution is -2.31. The second-order valence-corrected chi connectivity index (χ2v) is 10.9. The van der Waals surface area contributed by atoms with Crippen LogP contribution in [0.25, 0.3) is 38.8 Å². The van der Waals surface area contributed by atoms with E-state index < -0.39 is 0 Å². The predicted octanol–water partition coefficient (Wildman–Crippen LogP) is 8.50. The summed E-state index contributed by atoms with van der Waals surface area (Å²) >= 11 is 0. The molecule has 6 heteroatoms. The lowest BCUT2D eigenvalue weighted by Gasteiger charge is -2.20. The van der Waals surface area contributed by atoms with Crippen LogP contribution in [0.4, 0.5) is 5.69 Å². The Bertz CT molecular complexity index is 2100. The highest BCUT2D eigenvalue weighted by Crippen LogP contribution is 2.41. The summed E-state index contributed by atoms with van der Waals surface area (Å²) in [7, 11) is 0. The number of hydrogen-bond donors (Lipinski definition) is 0. The summed E-state index contributed by atoms with van der Waals surface area (Å²) in [5, 5.41) is 2.13. The van der Waals surface area contributed by atoms with E-state index in [4.69, 9.17) is 0 Å². The summed E-state index contributed by atoms with van der Waals surface area (Å²) in [6.45, 7) is 11.3. The molecule has 0 unspecified atom stereocenters. The van der Waals surface area contributed by atoms with E-state index in [1.54, 1.807) is 18.3 Å². The number of carbonyl (C=O) groups excluding carboxylic acids is 2. The highest BCUT2D eigenvalue weighted by molar-refractivity contribution is 6.36. The molecule has 0 bridgehead atoms. The number of pyridine rings is 1. The number of imide groups is 1. The summed E-state index contributed by atoms with van der Waals surface area (Å²) < 4.78 is 2.12. The molecular formula is C39H35N3O3. The molecule has 3 heterocycles. The lowest BCUT2D eigenvalue weighted by molar-refractivity contribution is 0.0925. The van der Waals surface area contributed by atoms with Crippen LogP contribution in [0.1, 0.15) is 44.3 Å². The number of aromatic nitrogens is 2. The number of rotatable bonds is 4. The Hall–Kier alpha value is -5.59. The Morgan fingerprint density at radius 3 is 2.09 bits per heavy atom. The van der Waals surface area contributed by atoms with Gasteiger partial charge in [-0.05, 0) is 69.2 Å². The van der Waals surface area contributed by atoms with Gasteiger partial charge in [-0.3, -0.25) is 14.6 Å². The number of aryl methyl sites for hydroxylation is 3. The van der Waals surface area contributed by atoms with Crippen molar-refractivity contribution in [3.8, 4) is 16.9 Å². The Morgan fingerprint density at radius 2 is 1.42 bits per heavy atom. The highest BCUT2D eigenvalue weighted by atomic mass is 16.2. The normalized spacial score (nSPS) is 12.3. The maximum atomic E-state index is 14.2. The van der Waals surface area contributed by atoms with Crippen LogP contribution >= 0.6 is 0 Å². The number of anilines is 1. The zero-order valence-corrected chi connectivity index (χ0v) is 25.8. The van der Waals surface area contributed by atoms with E-state index in [0.717, 1.165) is 49.8 Å². The molecule has 0 aliphatic carbocycles. The minimum absolute atomic E-state index is 0. The van der Waals surface area contributed by atoms with Gasteiger partial charge in [0, 0.05) is 22.5 Å². The average molecular weight is 594 g/mol. The quantitative estimate of drug-likeness (QED) is 0.152. The van der Waals surface area contributed by atoms with Crippen molar-refractivity contribution in [2.45, 2.75) is 27.7 Å². The van der Waals surface area contributed by atoms with Crippen LogP contribution < -0.4 is 4.90 Å². The van der Waals surface area contributed by atoms with Crippen molar-refractivity contribution in [1.82, 2.24) is 9.55 Å². The second kappa shape index (κ2) is 12.6. The number of carbonyl (C=O) groups is 2. The van der Waals surface area contributed by atoms with Crippen LogP contribution in [0.15, 0.2) is 122 Å². The number of para-hydroxylation sites is 2. The minimum Gasteiger partial charge on any atom is -0.412 e. The summed E-state index contributed by atoms with van der Waals surface area (Å²) in [5.41, 5.74) is 8.79. The van der Waals surface area contributed by atoms with E-state index >= 15 is 0 Å². The highest BCUT2D eigenvalue weighted by Gasteiger charge is 2.40. The number of nitrogens with zero attached hydrogens (tertiary/aromatic N) is 3. The molecule has 6 aromatic rings. The third-order valence-electron chi connectivity index (χ3n) is 7.96. The molecule has 1 aliphatic heterocycles. The van der Waals surface area contributed by atoms with Gasteiger partial charge in [-0.1, -0.05) is 91.0 Å². The van der Waals surface area contributed by atoms with Crippen LogP contribution in [0.5, 0.6) is 0 Å². The molecule has 224 valence electrons. The molecular weight excluding hydrogens is 558 g/mol. The second-order valence-electron chi connectivity index (χ2n) is 10.9. The van der Waals surface area contributed by atoms with E-state index in [9.17, 15) is 9.59 Å². The maximum absolute atomic E-state index is 14.2. The third kappa shape index (κ3) is 5.15. The molecule has 0 spiro atoms. The van der Waals surface area contributed by atoms with Crippen LogP contribution in [-0.2, 0) is 0 Å². The van der Waals surface area contributed by atoms with Crippen LogP contribution in [-0.4, -0.2) is 26.8 Å². The number of benzene rings is 4. The van der Waals surface area contributed by atoms with Gasteiger partial charge in [0.1, 0.15) is 0 Å². The first kappa shape index (κ1) is 30.9. The van der Waals surface area contributed by atoms with Crippen LogP contribution in [0.2, 0.25) is 0 Å². The molecule has 2 amide bonds. The SMILES string of the molecule is C=C/C=C\C.Cc1cc(C)c(N2C(=O)c3cccc(-n4c5ccccc5c5cccc(-c6ccccn6)c54)c3C2=O)c(C)c1.O. The fourth-order valence-electron chi connectivity index (χ4n) is 6.32. The first-order chi connectivity index (χ1) is 21.4. The molecule has 2 N–H and O–H groups in total. The van der Waals surface area contributed by atoms with Crippen molar-refractivity contribution in [3.05, 3.63) is 150 Å². The molecule has 45 heavy (non-hydrogen) atoms. The molecule has 0 saturated carbocycles. The van der Waals surface area contributed by atoms with Gasteiger partial charge in [-0.25, -0.2) is 4.90 Å². The molecule has 4 aromatic carbocycles. The van der Waals surface area contributed by atoms with Gasteiger partial charge in [0.05, 0.1) is 39.2 Å². The fourth-order valence-corrected chi connectivity index (χ4v) is 6.32. The van der Waals surface area contributed by atoms with E-state index in [2.05, 4.69) is 40.4 Å². The Labute approximate surface area is 262 Å². The monoisotopic (exact) mass is 593 g/mol. The number of amides is 2. The molecule has 6 nitrogen and oxygen atoms in total. The van der Waals surface area contributed by atoms with Crippen molar-refractivity contribution in [3.63, 3.8) is 0 Å². The smallest absolute Gasteiger partial charge is 0.268 e. The van der Waals surface area contributed by atoms with Gasteiger partial charge >= 0.3 is 0 Å². The molecule has 7 rings (SSSR count). The number of allylic oxidation sites excluding steroid dienone is 3. The topological polar surface area (TPSA) is 86.7 Å². The largest absolute Gasteiger partial charge is 0.412 e. The van der Waals surface area contributed by atoms with Crippen molar-refractivity contribution < 1.29 is 15.1 Å². The predicted molar refractivity (Wildman–Crippen MR) is 184 cm³/mol. The minimum atomic E-state index is -0.304. The first-order valence-corrected chi connectivity index (χ1v) is 14.6. The summed E-state index contributed by atoms with van der Waals surface area (Å²) in [5.74, 6) is -0.598. The van der Waals surface area contributed by atoms with Gasteiger partial charge < -0.3 is 10.0 Å². The van der Waals surface area contributed by atoms with Gasteiger partial charge in [0.15, 0.2) is 0 Å². The van der Waals surface area contributed by atoms with Crippen LogP contribution in [0, 0.1) is 20.8 Å². The lowest BCUT2D eigenvalue weighted by atomic mass is 10.0. The number of fused-ring (bicyclic) bond motifs is 4. The first-order valence-electron chi connectivity index (χ1n) is 14.6. The average Bonchev–Trinajstić information content (AvgIpc) is 3.49. The molecule has 0 radical (unpaired) electrons. The maximum Gasteiger partial charge on any atom is 0.268 e. The standard InChI is InChI=1S/C34H25N3O2.C5H8.H2O/c1-20-18-21(2)31(22(3)19-20)37-33(38)26-13-9-16-29(30(26)34(37)39)36-28-15-5-4-10-23(28)24-11-8-12-25(32(24)36)27-14-6-7-17-35-27;1-3-5-4-2;/h4-19H,1-3H3;3-5H,1H2,2H3;1H2/b;5-4-;. The summed E-state index contributed by atoms with van der Waals surface area (Å²) in [4.78, 5) is 34.0.